The molecule has 0 fully saturated rings. The van der Waals surface area contributed by atoms with Crippen LogP contribution in [-0.2, 0) is 4.79 Å². The molecule has 9 heteroatoms. The van der Waals surface area contributed by atoms with Crippen molar-refractivity contribution in [2.75, 3.05) is 12.4 Å². The molecule has 170 valence electrons. The Bertz CT molecular complexity index is 1570. The van der Waals surface area contributed by atoms with Gasteiger partial charge in [0.2, 0.25) is 11.0 Å². The second-order valence-electron chi connectivity index (χ2n) is 8.11. The molecule has 0 saturated carbocycles. The molecule has 5 aromatic rings. The van der Waals surface area contributed by atoms with E-state index in [1.165, 1.54) is 11.3 Å². The number of aromatic nitrogens is 3. The molecule has 1 aliphatic heterocycles. The number of amides is 1. The highest BCUT2D eigenvalue weighted by atomic mass is 35.5. The van der Waals surface area contributed by atoms with E-state index in [1.54, 1.807) is 11.8 Å². The highest BCUT2D eigenvalue weighted by molar-refractivity contribution is 7.20. The Morgan fingerprint density at radius 1 is 1.21 bits per heavy atom. The number of halogens is 1. The number of rotatable bonds is 4. The fraction of sp³-hybridized carbons (Fsp3) is 0.160. The van der Waals surface area contributed by atoms with Crippen LogP contribution < -0.4 is 10.1 Å². The Kier molecular flexibility index (Phi) is 4.93. The third kappa shape index (κ3) is 3.46. The molecule has 3 aromatic heterocycles. The zero-order valence-corrected chi connectivity index (χ0v) is 19.9. The molecule has 0 spiro atoms. The Morgan fingerprint density at radius 2 is 2.09 bits per heavy atom. The maximum absolute atomic E-state index is 12.7. The molecule has 4 heterocycles. The molecule has 6 rings (SSSR count). The largest absolute Gasteiger partial charge is 0.497 e. The van der Waals surface area contributed by atoms with E-state index >= 15 is 0 Å². The molecule has 1 atom stereocenters. The number of fused-ring (bicyclic) bond motifs is 2. The average molecular weight is 491 g/mol. The first-order valence-corrected chi connectivity index (χ1v) is 11.9. The predicted octanol–water partition coefficient (Wildman–Crippen LogP) is 6.19. The molecule has 0 saturated heterocycles. The van der Waals surface area contributed by atoms with E-state index < -0.39 is 0 Å². The topological polar surface area (TPSA) is 82.2 Å². The van der Waals surface area contributed by atoms with Crippen LogP contribution in [0.2, 0.25) is 5.02 Å². The van der Waals surface area contributed by atoms with Crippen LogP contribution in [0.15, 0.2) is 59.0 Å². The van der Waals surface area contributed by atoms with Crippen LogP contribution in [-0.4, -0.2) is 27.8 Å². The number of ether oxygens (including phenoxy) is 1. The summed E-state index contributed by atoms with van der Waals surface area (Å²) in [5.74, 6) is 2.47. The fourth-order valence-electron chi connectivity index (χ4n) is 4.38. The SMILES string of the molecule is COc1ccc2nc(-n3nc(C)c4c3NC(=O)C[C@@H]4c3ccc(-c4cccc(Cl)c4)o3)sc2c1. The molecule has 0 aliphatic carbocycles. The quantitative estimate of drug-likeness (QED) is 0.325. The monoisotopic (exact) mass is 490 g/mol. The summed E-state index contributed by atoms with van der Waals surface area (Å²) < 4.78 is 14.2. The van der Waals surface area contributed by atoms with E-state index in [-0.39, 0.29) is 18.2 Å². The number of thiazole rings is 1. The first-order valence-electron chi connectivity index (χ1n) is 10.7. The summed E-state index contributed by atoms with van der Waals surface area (Å²) in [6, 6.07) is 17.1. The maximum atomic E-state index is 12.7. The van der Waals surface area contributed by atoms with E-state index in [9.17, 15) is 4.79 Å². The number of benzene rings is 2. The fourth-order valence-corrected chi connectivity index (χ4v) is 5.52. The zero-order valence-electron chi connectivity index (χ0n) is 18.3. The van der Waals surface area contributed by atoms with E-state index in [4.69, 9.17) is 30.8 Å². The predicted molar refractivity (Wildman–Crippen MR) is 132 cm³/mol. The number of furan rings is 1. The highest BCUT2D eigenvalue weighted by Gasteiger charge is 2.35. The molecule has 0 bridgehead atoms. The van der Waals surface area contributed by atoms with E-state index in [2.05, 4.69) is 5.32 Å². The van der Waals surface area contributed by atoms with Crippen LogP contribution in [0.3, 0.4) is 0 Å². The number of hydrogen-bond donors (Lipinski definition) is 1. The van der Waals surface area contributed by atoms with Crippen molar-refractivity contribution < 1.29 is 13.9 Å². The van der Waals surface area contributed by atoms with Gasteiger partial charge in [0, 0.05) is 22.6 Å². The molecule has 2 aromatic carbocycles. The molecule has 1 amide bonds. The summed E-state index contributed by atoms with van der Waals surface area (Å²) >= 11 is 7.64. The van der Waals surface area contributed by atoms with Gasteiger partial charge in [-0.1, -0.05) is 35.1 Å². The van der Waals surface area contributed by atoms with Crippen molar-refractivity contribution in [3.05, 3.63) is 76.6 Å². The van der Waals surface area contributed by atoms with Crippen molar-refractivity contribution in [2.24, 2.45) is 0 Å². The molecule has 1 aliphatic rings. The number of nitrogens with zero attached hydrogens (tertiary/aromatic N) is 3. The smallest absolute Gasteiger partial charge is 0.226 e. The lowest BCUT2D eigenvalue weighted by Gasteiger charge is -2.22. The average Bonchev–Trinajstić information content (AvgIpc) is 3.55. The molecular formula is C25H19ClN4O3S. The lowest BCUT2D eigenvalue weighted by molar-refractivity contribution is -0.116. The minimum Gasteiger partial charge on any atom is -0.497 e. The molecule has 0 radical (unpaired) electrons. The van der Waals surface area contributed by atoms with E-state index in [0.29, 0.717) is 27.5 Å². The van der Waals surface area contributed by atoms with Crippen molar-refractivity contribution in [2.45, 2.75) is 19.3 Å². The second-order valence-corrected chi connectivity index (χ2v) is 9.55. The van der Waals surface area contributed by atoms with Crippen molar-refractivity contribution in [3.63, 3.8) is 0 Å². The van der Waals surface area contributed by atoms with Gasteiger partial charge < -0.3 is 14.5 Å². The van der Waals surface area contributed by atoms with Gasteiger partial charge in [0.25, 0.3) is 0 Å². The van der Waals surface area contributed by atoms with Gasteiger partial charge in [0.1, 0.15) is 23.1 Å². The Labute approximate surface area is 203 Å². The van der Waals surface area contributed by atoms with Gasteiger partial charge in [-0.2, -0.15) is 9.78 Å². The molecule has 0 unspecified atom stereocenters. The second kappa shape index (κ2) is 8.00. The number of aryl methyl sites for hydroxylation is 1. The molecular weight excluding hydrogens is 472 g/mol. The maximum Gasteiger partial charge on any atom is 0.226 e. The van der Waals surface area contributed by atoms with Gasteiger partial charge >= 0.3 is 0 Å². The van der Waals surface area contributed by atoms with Crippen LogP contribution in [0, 0.1) is 6.92 Å². The summed E-state index contributed by atoms with van der Waals surface area (Å²) in [6.45, 7) is 1.94. The van der Waals surface area contributed by atoms with Gasteiger partial charge in [-0.25, -0.2) is 4.98 Å². The van der Waals surface area contributed by atoms with Gasteiger partial charge in [-0.05, 0) is 49.4 Å². The van der Waals surface area contributed by atoms with Crippen LogP contribution in [0.1, 0.15) is 29.4 Å². The van der Waals surface area contributed by atoms with Crippen LogP contribution >= 0.6 is 22.9 Å². The number of carbonyl (C=O) groups excluding carboxylic acids is 1. The van der Waals surface area contributed by atoms with Crippen molar-refractivity contribution in [1.29, 1.82) is 0 Å². The number of methoxy groups -OCH3 is 1. The number of hydrogen-bond acceptors (Lipinski definition) is 6. The Hall–Kier alpha value is -3.62. The Balaban J connectivity index is 1.43. The number of anilines is 1. The molecule has 34 heavy (non-hydrogen) atoms. The van der Waals surface area contributed by atoms with Crippen molar-refractivity contribution >= 4 is 44.9 Å². The number of carbonyl (C=O) groups is 1. The third-order valence-electron chi connectivity index (χ3n) is 5.95. The highest BCUT2D eigenvalue weighted by Crippen LogP contribution is 2.42. The summed E-state index contributed by atoms with van der Waals surface area (Å²) in [4.78, 5) is 17.5. The molecule has 1 N–H and O–H groups in total. The van der Waals surface area contributed by atoms with Crippen molar-refractivity contribution in [1.82, 2.24) is 14.8 Å². The minimum absolute atomic E-state index is 0.0952. The standard InChI is InChI=1S/C25H19ClN4O3S/c1-13-23-17(20-9-8-19(33-20)14-4-3-5-15(26)10-14)12-22(31)28-24(23)30(29-13)25-27-18-7-6-16(32-2)11-21(18)34-25/h3-11,17H,12H2,1-2H3,(H,28,31)/t17-/m1/s1. The summed E-state index contributed by atoms with van der Waals surface area (Å²) in [5, 5.41) is 9.06. The first-order chi connectivity index (χ1) is 16.5. The van der Waals surface area contributed by atoms with E-state index in [0.717, 1.165) is 32.8 Å². The number of nitrogens with one attached hydrogen (secondary N) is 1. The van der Waals surface area contributed by atoms with E-state index in [1.807, 2.05) is 61.5 Å². The molecule has 7 nitrogen and oxygen atoms in total. The minimum atomic E-state index is -0.250. The zero-order chi connectivity index (χ0) is 23.4. The van der Waals surface area contributed by atoms with Gasteiger partial charge in [-0.3, -0.25) is 4.79 Å². The van der Waals surface area contributed by atoms with Crippen molar-refractivity contribution in [3.8, 4) is 22.2 Å². The first kappa shape index (κ1) is 20.9. The third-order valence-corrected chi connectivity index (χ3v) is 7.18. The van der Waals surface area contributed by atoms with Crippen LogP contribution in [0.5, 0.6) is 5.75 Å². The lowest BCUT2D eigenvalue weighted by atomic mass is 9.90. The van der Waals surface area contributed by atoms with Gasteiger partial charge in [0.05, 0.1) is 28.9 Å². The van der Waals surface area contributed by atoms with Gasteiger partial charge in [-0.15, -0.1) is 0 Å². The normalized spacial score (nSPS) is 15.4. The lowest BCUT2D eigenvalue weighted by Crippen LogP contribution is -2.24. The van der Waals surface area contributed by atoms with Crippen LogP contribution in [0.4, 0.5) is 5.82 Å². The summed E-state index contributed by atoms with van der Waals surface area (Å²) in [6.07, 6.45) is 0.277. The van der Waals surface area contributed by atoms with Crippen LogP contribution in [0.25, 0.3) is 26.7 Å². The van der Waals surface area contributed by atoms with Gasteiger partial charge in [0.15, 0.2) is 0 Å². The summed E-state index contributed by atoms with van der Waals surface area (Å²) in [7, 11) is 1.64. The summed E-state index contributed by atoms with van der Waals surface area (Å²) in [5.41, 5.74) is 3.48. The Morgan fingerprint density at radius 3 is 2.91 bits per heavy atom.